The van der Waals surface area contributed by atoms with Crippen molar-refractivity contribution in [1.29, 1.82) is 0 Å². The molecule has 0 aliphatic carbocycles. The lowest BCUT2D eigenvalue weighted by atomic mass is 10.00. The zero-order valence-corrected chi connectivity index (χ0v) is 13.2. The van der Waals surface area contributed by atoms with Gasteiger partial charge in [0.1, 0.15) is 5.82 Å². The van der Waals surface area contributed by atoms with Crippen molar-refractivity contribution in [2.24, 2.45) is 0 Å². The van der Waals surface area contributed by atoms with Crippen LogP contribution in [0.2, 0.25) is 0 Å². The van der Waals surface area contributed by atoms with Gasteiger partial charge in [-0.2, -0.15) is 0 Å². The smallest absolute Gasteiger partial charge is 0.252 e. The van der Waals surface area contributed by atoms with Crippen LogP contribution < -0.4 is 10.2 Å². The Hall–Kier alpha value is -2.40. The number of nitrogens with one attached hydrogen (secondary N) is 1. The van der Waals surface area contributed by atoms with Gasteiger partial charge in [0.25, 0.3) is 5.91 Å². The average Bonchev–Trinajstić information content (AvgIpc) is 2.59. The lowest BCUT2D eigenvalue weighted by Crippen LogP contribution is -2.32. The van der Waals surface area contributed by atoms with E-state index in [4.69, 9.17) is 0 Å². The summed E-state index contributed by atoms with van der Waals surface area (Å²) < 4.78 is 0. The SMILES string of the molecule is CC(O)CNC(=O)c1ccc(N2CCc3ccccc3C2)nc1. The Morgan fingerprint density at radius 3 is 2.78 bits per heavy atom. The molecule has 0 bridgehead atoms. The zero-order valence-electron chi connectivity index (χ0n) is 13.2. The number of carbonyl (C=O) groups excluding carboxylic acids is 1. The summed E-state index contributed by atoms with van der Waals surface area (Å²) >= 11 is 0. The molecule has 1 amide bonds. The predicted molar refractivity (Wildman–Crippen MR) is 89.4 cm³/mol. The third-order valence-corrected chi connectivity index (χ3v) is 4.02. The van der Waals surface area contributed by atoms with E-state index in [1.54, 1.807) is 19.2 Å². The molecule has 0 spiro atoms. The first-order valence-electron chi connectivity index (χ1n) is 7.87. The van der Waals surface area contributed by atoms with Crippen molar-refractivity contribution >= 4 is 11.7 Å². The summed E-state index contributed by atoms with van der Waals surface area (Å²) in [5, 5.41) is 11.9. The number of benzene rings is 1. The second-order valence-corrected chi connectivity index (χ2v) is 5.90. The Morgan fingerprint density at radius 1 is 1.30 bits per heavy atom. The number of anilines is 1. The Kier molecular flexibility index (Phi) is 4.57. The molecule has 1 aromatic carbocycles. The van der Waals surface area contributed by atoms with E-state index >= 15 is 0 Å². The maximum atomic E-state index is 11.9. The molecule has 2 aromatic rings. The molecule has 5 heteroatoms. The topological polar surface area (TPSA) is 65.5 Å². The molecule has 2 heterocycles. The van der Waals surface area contributed by atoms with E-state index in [-0.39, 0.29) is 12.5 Å². The van der Waals surface area contributed by atoms with Crippen LogP contribution in [-0.2, 0) is 13.0 Å². The van der Waals surface area contributed by atoms with E-state index in [1.807, 2.05) is 6.07 Å². The van der Waals surface area contributed by atoms with Crippen LogP contribution in [-0.4, -0.2) is 35.2 Å². The second kappa shape index (κ2) is 6.79. The number of fused-ring (bicyclic) bond motifs is 1. The van der Waals surface area contributed by atoms with Crippen molar-refractivity contribution in [3.05, 3.63) is 59.3 Å². The van der Waals surface area contributed by atoms with Crippen LogP contribution in [0.3, 0.4) is 0 Å². The largest absolute Gasteiger partial charge is 0.392 e. The highest BCUT2D eigenvalue weighted by Crippen LogP contribution is 2.22. The monoisotopic (exact) mass is 311 g/mol. The van der Waals surface area contributed by atoms with Crippen molar-refractivity contribution in [3.8, 4) is 0 Å². The molecular formula is C18H21N3O2. The van der Waals surface area contributed by atoms with Crippen molar-refractivity contribution < 1.29 is 9.90 Å². The van der Waals surface area contributed by atoms with Crippen molar-refractivity contribution in [2.45, 2.75) is 26.0 Å². The fourth-order valence-electron chi connectivity index (χ4n) is 2.74. The van der Waals surface area contributed by atoms with Crippen LogP contribution >= 0.6 is 0 Å². The van der Waals surface area contributed by atoms with Gasteiger partial charge in [-0.15, -0.1) is 0 Å². The number of pyridine rings is 1. The Morgan fingerprint density at radius 2 is 2.09 bits per heavy atom. The minimum absolute atomic E-state index is 0.214. The summed E-state index contributed by atoms with van der Waals surface area (Å²) in [5.74, 6) is 0.667. The molecule has 1 aromatic heterocycles. The van der Waals surface area contributed by atoms with Gasteiger partial charge in [0.15, 0.2) is 0 Å². The van der Waals surface area contributed by atoms with Crippen molar-refractivity contribution in [2.75, 3.05) is 18.0 Å². The summed E-state index contributed by atoms with van der Waals surface area (Å²) in [7, 11) is 0. The van der Waals surface area contributed by atoms with E-state index in [2.05, 4.69) is 39.5 Å². The third-order valence-electron chi connectivity index (χ3n) is 4.02. The van der Waals surface area contributed by atoms with Gasteiger partial charge >= 0.3 is 0 Å². The first-order chi connectivity index (χ1) is 11.1. The molecule has 120 valence electrons. The quantitative estimate of drug-likeness (QED) is 0.903. The van der Waals surface area contributed by atoms with Gasteiger partial charge in [-0.3, -0.25) is 4.79 Å². The van der Waals surface area contributed by atoms with Gasteiger partial charge in [0.05, 0.1) is 11.7 Å². The molecule has 1 aliphatic heterocycles. The second-order valence-electron chi connectivity index (χ2n) is 5.90. The van der Waals surface area contributed by atoms with E-state index in [1.165, 1.54) is 11.1 Å². The van der Waals surface area contributed by atoms with Gasteiger partial charge in [-0.05, 0) is 36.6 Å². The summed E-state index contributed by atoms with van der Waals surface area (Å²) in [6, 6.07) is 12.1. The highest BCUT2D eigenvalue weighted by atomic mass is 16.3. The number of carbonyl (C=O) groups is 1. The fraction of sp³-hybridized carbons (Fsp3) is 0.333. The molecule has 1 unspecified atom stereocenters. The first-order valence-corrected chi connectivity index (χ1v) is 7.87. The van der Waals surface area contributed by atoms with Gasteiger partial charge in [-0.1, -0.05) is 24.3 Å². The number of aliphatic hydroxyl groups is 1. The van der Waals surface area contributed by atoms with Crippen LogP contribution in [0.1, 0.15) is 28.4 Å². The summed E-state index contributed by atoms with van der Waals surface area (Å²) in [6.07, 6.45) is 2.04. The summed E-state index contributed by atoms with van der Waals surface area (Å²) in [5.41, 5.74) is 3.24. The Bertz CT molecular complexity index is 683. The lowest BCUT2D eigenvalue weighted by molar-refractivity contribution is 0.0923. The number of hydrogen-bond donors (Lipinski definition) is 2. The molecule has 0 fully saturated rings. The molecule has 5 nitrogen and oxygen atoms in total. The highest BCUT2D eigenvalue weighted by Gasteiger charge is 2.17. The van der Waals surface area contributed by atoms with Gasteiger partial charge in [0, 0.05) is 25.8 Å². The molecule has 0 radical (unpaired) electrons. The minimum atomic E-state index is -0.556. The molecule has 3 rings (SSSR count). The molecule has 23 heavy (non-hydrogen) atoms. The summed E-state index contributed by atoms with van der Waals surface area (Å²) in [4.78, 5) is 18.6. The van der Waals surface area contributed by atoms with Crippen LogP contribution in [0.4, 0.5) is 5.82 Å². The van der Waals surface area contributed by atoms with E-state index in [0.717, 1.165) is 25.3 Å². The highest BCUT2D eigenvalue weighted by molar-refractivity contribution is 5.94. The zero-order chi connectivity index (χ0) is 16.2. The molecular weight excluding hydrogens is 290 g/mol. The van der Waals surface area contributed by atoms with Crippen LogP contribution in [0.25, 0.3) is 0 Å². The minimum Gasteiger partial charge on any atom is -0.392 e. The van der Waals surface area contributed by atoms with Gasteiger partial charge in [0.2, 0.25) is 0 Å². The van der Waals surface area contributed by atoms with Crippen LogP contribution in [0, 0.1) is 0 Å². The van der Waals surface area contributed by atoms with Crippen molar-refractivity contribution in [3.63, 3.8) is 0 Å². The normalized spacial score (nSPS) is 15.0. The number of amides is 1. The molecule has 1 aliphatic rings. The fourth-order valence-corrected chi connectivity index (χ4v) is 2.74. The molecule has 1 atom stereocenters. The molecule has 0 saturated carbocycles. The van der Waals surface area contributed by atoms with E-state index in [0.29, 0.717) is 5.56 Å². The maximum Gasteiger partial charge on any atom is 0.252 e. The predicted octanol–water partition coefficient (Wildman–Crippen LogP) is 1.75. The third kappa shape index (κ3) is 3.68. The molecule has 0 saturated heterocycles. The first kappa shape index (κ1) is 15.5. The number of aromatic nitrogens is 1. The number of hydrogen-bond acceptors (Lipinski definition) is 4. The Balaban J connectivity index is 1.67. The van der Waals surface area contributed by atoms with Gasteiger partial charge in [-0.25, -0.2) is 4.98 Å². The number of rotatable bonds is 4. The number of nitrogens with zero attached hydrogens (tertiary/aromatic N) is 2. The van der Waals surface area contributed by atoms with Crippen LogP contribution in [0.15, 0.2) is 42.6 Å². The standard InChI is InChI=1S/C18H21N3O2/c1-13(22)10-20-18(23)15-6-7-17(19-11-15)21-9-8-14-4-2-3-5-16(14)12-21/h2-7,11,13,22H,8-10,12H2,1H3,(H,20,23). The van der Waals surface area contributed by atoms with E-state index in [9.17, 15) is 9.90 Å². The average molecular weight is 311 g/mol. The molecule has 2 N–H and O–H groups in total. The van der Waals surface area contributed by atoms with Gasteiger partial charge < -0.3 is 15.3 Å². The van der Waals surface area contributed by atoms with E-state index < -0.39 is 6.10 Å². The Labute approximate surface area is 136 Å². The summed E-state index contributed by atoms with van der Waals surface area (Å²) in [6.45, 7) is 3.65. The number of aliphatic hydroxyl groups excluding tert-OH is 1. The maximum absolute atomic E-state index is 11.9. The lowest BCUT2D eigenvalue weighted by Gasteiger charge is -2.29. The van der Waals surface area contributed by atoms with Crippen LogP contribution in [0.5, 0.6) is 0 Å². The van der Waals surface area contributed by atoms with Crippen molar-refractivity contribution in [1.82, 2.24) is 10.3 Å².